The van der Waals surface area contributed by atoms with Gasteiger partial charge in [0.15, 0.2) is 0 Å². The van der Waals surface area contributed by atoms with Crippen LogP contribution in [0.5, 0.6) is 0 Å². The Hall–Kier alpha value is -1.35. The molecule has 0 radical (unpaired) electrons. The van der Waals surface area contributed by atoms with Crippen LogP contribution in [0.1, 0.15) is 11.1 Å². The van der Waals surface area contributed by atoms with Gasteiger partial charge in [0.1, 0.15) is 0 Å². The lowest BCUT2D eigenvalue weighted by Crippen LogP contribution is -2.32. The normalized spacial score (nSPS) is 17.3. The lowest BCUT2D eigenvalue weighted by molar-refractivity contribution is 0.0397. The van der Waals surface area contributed by atoms with Gasteiger partial charge in [0.25, 0.3) is 0 Å². The third-order valence-corrected chi connectivity index (χ3v) is 2.43. The van der Waals surface area contributed by atoms with Crippen LogP contribution in [0.4, 0.5) is 0 Å². The standard InChI is InChI=1S/C12H16N2O/c1-11-2-4-12(5-3-11)10-13-14-6-8-15-9-7-14/h2-5,10H,6-9H2,1H3. The van der Waals surface area contributed by atoms with Crippen molar-refractivity contribution in [3.05, 3.63) is 35.4 Å². The molecule has 1 aromatic carbocycles. The molecule has 0 aliphatic carbocycles. The van der Waals surface area contributed by atoms with E-state index in [9.17, 15) is 0 Å². The third-order valence-electron chi connectivity index (χ3n) is 2.43. The first-order valence-electron chi connectivity index (χ1n) is 5.28. The van der Waals surface area contributed by atoms with Crippen LogP contribution < -0.4 is 0 Å². The molecule has 1 saturated heterocycles. The average molecular weight is 204 g/mol. The maximum atomic E-state index is 5.25. The molecule has 80 valence electrons. The van der Waals surface area contributed by atoms with E-state index < -0.39 is 0 Å². The Kier molecular flexibility index (Phi) is 3.35. The summed E-state index contributed by atoms with van der Waals surface area (Å²) in [4.78, 5) is 0. The molecule has 1 aliphatic heterocycles. The fraction of sp³-hybridized carbons (Fsp3) is 0.417. The summed E-state index contributed by atoms with van der Waals surface area (Å²) in [7, 11) is 0. The van der Waals surface area contributed by atoms with Gasteiger partial charge < -0.3 is 4.74 Å². The number of hydrogen-bond acceptors (Lipinski definition) is 3. The molecule has 3 heteroatoms. The fourth-order valence-corrected chi connectivity index (χ4v) is 1.47. The van der Waals surface area contributed by atoms with Crippen LogP contribution >= 0.6 is 0 Å². The highest BCUT2D eigenvalue weighted by molar-refractivity contribution is 5.79. The molecule has 1 heterocycles. The first-order valence-corrected chi connectivity index (χ1v) is 5.28. The van der Waals surface area contributed by atoms with Crippen LogP contribution in [0.25, 0.3) is 0 Å². The Balaban J connectivity index is 1.95. The van der Waals surface area contributed by atoms with E-state index in [1.165, 1.54) is 5.56 Å². The maximum absolute atomic E-state index is 5.25. The summed E-state index contributed by atoms with van der Waals surface area (Å²) in [6.07, 6.45) is 1.91. The van der Waals surface area contributed by atoms with E-state index in [4.69, 9.17) is 4.74 Å². The Bertz CT molecular complexity index is 326. The molecule has 0 saturated carbocycles. The van der Waals surface area contributed by atoms with E-state index in [1.54, 1.807) is 0 Å². The summed E-state index contributed by atoms with van der Waals surface area (Å²) in [6, 6.07) is 8.36. The summed E-state index contributed by atoms with van der Waals surface area (Å²) in [5, 5.41) is 6.46. The van der Waals surface area contributed by atoms with Crippen molar-refractivity contribution in [2.45, 2.75) is 6.92 Å². The number of hydrazone groups is 1. The van der Waals surface area contributed by atoms with Crippen molar-refractivity contribution in [1.82, 2.24) is 5.01 Å². The highest BCUT2D eigenvalue weighted by atomic mass is 16.5. The predicted molar refractivity (Wildman–Crippen MR) is 61.2 cm³/mol. The van der Waals surface area contributed by atoms with Gasteiger partial charge in [-0.05, 0) is 12.5 Å². The smallest absolute Gasteiger partial charge is 0.0659 e. The molecule has 0 atom stereocenters. The van der Waals surface area contributed by atoms with Crippen molar-refractivity contribution in [3.8, 4) is 0 Å². The highest BCUT2D eigenvalue weighted by Crippen LogP contribution is 2.02. The van der Waals surface area contributed by atoms with Gasteiger partial charge in [-0.25, -0.2) is 0 Å². The molecular weight excluding hydrogens is 188 g/mol. The van der Waals surface area contributed by atoms with E-state index in [2.05, 4.69) is 36.3 Å². The summed E-state index contributed by atoms with van der Waals surface area (Å²) in [6.45, 7) is 5.43. The molecule has 1 aliphatic rings. The molecule has 1 fully saturated rings. The van der Waals surface area contributed by atoms with E-state index in [-0.39, 0.29) is 0 Å². The molecule has 0 spiro atoms. The maximum Gasteiger partial charge on any atom is 0.0659 e. The number of rotatable bonds is 2. The third kappa shape index (κ3) is 3.06. The van der Waals surface area contributed by atoms with Crippen molar-refractivity contribution < 1.29 is 4.74 Å². The minimum atomic E-state index is 0.783. The lowest BCUT2D eigenvalue weighted by atomic mass is 10.2. The molecule has 0 aromatic heterocycles. The Labute approximate surface area is 90.4 Å². The zero-order chi connectivity index (χ0) is 10.5. The zero-order valence-corrected chi connectivity index (χ0v) is 9.02. The van der Waals surface area contributed by atoms with Crippen molar-refractivity contribution in [3.63, 3.8) is 0 Å². The second kappa shape index (κ2) is 4.94. The zero-order valence-electron chi connectivity index (χ0n) is 9.02. The summed E-state index contributed by atoms with van der Waals surface area (Å²) in [5.41, 5.74) is 2.42. The first kappa shape index (κ1) is 10.2. The molecule has 1 aromatic rings. The number of benzene rings is 1. The summed E-state index contributed by atoms with van der Waals surface area (Å²) < 4.78 is 5.25. The SMILES string of the molecule is Cc1ccc(C=NN2CCOCC2)cc1. The van der Waals surface area contributed by atoms with Crippen LogP contribution in [-0.4, -0.2) is 37.5 Å². The highest BCUT2D eigenvalue weighted by Gasteiger charge is 2.05. The second-order valence-electron chi connectivity index (χ2n) is 3.72. The first-order chi connectivity index (χ1) is 7.34. The van der Waals surface area contributed by atoms with Crippen LogP contribution in [0.3, 0.4) is 0 Å². The molecule has 0 amide bonds. The molecule has 0 unspecified atom stereocenters. The van der Waals surface area contributed by atoms with Crippen molar-refractivity contribution >= 4 is 6.21 Å². The molecule has 3 nitrogen and oxygen atoms in total. The Morgan fingerprint density at radius 3 is 2.53 bits per heavy atom. The van der Waals surface area contributed by atoms with E-state index in [1.807, 2.05) is 11.2 Å². The number of hydrogen-bond donors (Lipinski definition) is 0. The van der Waals surface area contributed by atoms with Gasteiger partial charge in [0.2, 0.25) is 0 Å². The summed E-state index contributed by atoms with van der Waals surface area (Å²) in [5.74, 6) is 0. The number of ether oxygens (including phenoxy) is 1. The number of aryl methyl sites for hydroxylation is 1. The van der Waals surface area contributed by atoms with Gasteiger partial charge in [0.05, 0.1) is 32.5 Å². The monoisotopic (exact) mass is 204 g/mol. The topological polar surface area (TPSA) is 24.8 Å². The van der Waals surface area contributed by atoms with Crippen molar-refractivity contribution in [1.29, 1.82) is 0 Å². The molecule has 0 N–H and O–H groups in total. The summed E-state index contributed by atoms with van der Waals surface area (Å²) >= 11 is 0. The number of nitrogens with zero attached hydrogens (tertiary/aromatic N) is 2. The Morgan fingerprint density at radius 2 is 1.87 bits per heavy atom. The minimum Gasteiger partial charge on any atom is -0.378 e. The van der Waals surface area contributed by atoms with Gasteiger partial charge in [-0.15, -0.1) is 0 Å². The van der Waals surface area contributed by atoms with E-state index in [0.717, 1.165) is 31.9 Å². The molecule has 15 heavy (non-hydrogen) atoms. The average Bonchev–Trinajstić information content (AvgIpc) is 2.30. The van der Waals surface area contributed by atoms with Crippen molar-refractivity contribution in [2.75, 3.05) is 26.3 Å². The fourth-order valence-electron chi connectivity index (χ4n) is 1.47. The van der Waals surface area contributed by atoms with Gasteiger partial charge in [-0.2, -0.15) is 5.10 Å². The van der Waals surface area contributed by atoms with Gasteiger partial charge in [-0.3, -0.25) is 5.01 Å². The Morgan fingerprint density at radius 1 is 1.20 bits per heavy atom. The van der Waals surface area contributed by atoms with Crippen LogP contribution in [0.2, 0.25) is 0 Å². The van der Waals surface area contributed by atoms with Gasteiger partial charge in [-0.1, -0.05) is 29.8 Å². The largest absolute Gasteiger partial charge is 0.378 e. The number of morpholine rings is 1. The molecular formula is C12H16N2O. The quantitative estimate of drug-likeness (QED) is 0.684. The molecule has 0 bridgehead atoms. The van der Waals surface area contributed by atoms with Gasteiger partial charge in [0, 0.05) is 0 Å². The minimum absolute atomic E-state index is 0.783. The second-order valence-corrected chi connectivity index (χ2v) is 3.72. The van der Waals surface area contributed by atoms with Crippen LogP contribution in [-0.2, 0) is 4.74 Å². The van der Waals surface area contributed by atoms with Crippen LogP contribution in [0, 0.1) is 6.92 Å². The van der Waals surface area contributed by atoms with Gasteiger partial charge >= 0.3 is 0 Å². The predicted octanol–water partition coefficient (Wildman–Crippen LogP) is 1.66. The lowest BCUT2D eigenvalue weighted by Gasteiger charge is -2.23. The molecule has 2 rings (SSSR count). The van der Waals surface area contributed by atoms with Crippen LogP contribution in [0.15, 0.2) is 29.4 Å². The van der Waals surface area contributed by atoms with Crippen molar-refractivity contribution in [2.24, 2.45) is 5.10 Å². The van der Waals surface area contributed by atoms with E-state index >= 15 is 0 Å². The van der Waals surface area contributed by atoms with E-state index in [0.29, 0.717) is 0 Å².